The van der Waals surface area contributed by atoms with Gasteiger partial charge in [0, 0.05) is 12.1 Å². The number of hydrogen-bond acceptors (Lipinski definition) is 6. The smallest absolute Gasteiger partial charge is 0.405 e. The van der Waals surface area contributed by atoms with E-state index < -0.39 is 36.0 Å². The van der Waals surface area contributed by atoms with Crippen molar-refractivity contribution < 1.29 is 28.6 Å². The van der Waals surface area contributed by atoms with E-state index in [1.54, 1.807) is 0 Å². The van der Waals surface area contributed by atoms with Crippen molar-refractivity contribution in [2.75, 3.05) is 6.61 Å². The first-order valence-corrected chi connectivity index (χ1v) is 8.64. The molecule has 0 radical (unpaired) electrons. The molecule has 0 aromatic carbocycles. The summed E-state index contributed by atoms with van der Waals surface area (Å²) in [5, 5.41) is 14.8. The van der Waals surface area contributed by atoms with E-state index in [0.29, 0.717) is 28.5 Å². The lowest BCUT2D eigenvalue weighted by atomic mass is 9.77. The highest BCUT2D eigenvalue weighted by atomic mass is 16.5. The first kappa shape index (κ1) is 18.6. The van der Waals surface area contributed by atoms with Gasteiger partial charge in [0.25, 0.3) is 11.8 Å². The summed E-state index contributed by atoms with van der Waals surface area (Å²) in [7, 11) is 0. The topological polar surface area (TPSA) is 132 Å². The van der Waals surface area contributed by atoms with E-state index in [1.807, 2.05) is 0 Å². The molecule has 1 aliphatic heterocycles. The zero-order chi connectivity index (χ0) is 19.6. The minimum atomic E-state index is -0.990. The lowest BCUT2D eigenvalue weighted by molar-refractivity contribution is -0.608. The molecule has 0 unspecified atom stereocenters. The lowest BCUT2D eigenvalue weighted by Crippen LogP contribution is -2.52. The van der Waals surface area contributed by atoms with Gasteiger partial charge in [-0.1, -0.05) is 6.92 Å². The maximum Gasteiger partial charge on any atom is 0.405 e. The first-order chi connectivity index (χ1) is 12.8. The molecule has 144 valence electrons. The zero-order valence-corrected chi connectivity index (χ0v) is 14.8. The van der Waals surface area contributed by atoms with Crippen LogP contribution in [0.25, 0.3) is 0 Å². The molecule has 1 aliphatic carbocycles. The molecule has 1 aromatic heterocycles. The maximum absolute atomic E-state index is 12.6. The van der Waals surface area contributed by atoms with Gasteiger partial charge in [-0.05, 0) is 37.7 Å². The molecule has 1 spiro atoms. The largest absolute Gasteiger partial charge is 0.618 e. The molecular formula is C17H20N4O6. The van der Waals surface area contributed by atoms with E-state index in [9.17, 15) is 24.4 Å². The van der Waals surface area contributed by atoms with Gasteiger partial charge in [-0.3, -0.25) is 15.0 Å². The van der Waals surface area contributed by atoms with Gasteiger partial charge in [-0.2, -0.15) is 9.74 Å². The van der Waals surface area contributed by atoms with Gasteiger partial charge in [0.2, 0.25) is 0 Å². The minimum Gasteiger partial charge on any atom is -0.618 e. The van der Waals surface area contributed by atoms with Crippen LogP contribution >= 0.6 is 0 Å². The van der Waals surface area contributed by atoms with Crippen LogP contribution < -0.4 is 15.5 Å². The summed E-state index contributed by atoms with van der Waals surface area (Å²) in [5.74, 6) is -1.89. The van der Waals surface area contributed by atoms with E-state index in [2.05, 4.69) is 17.7 Å². The molecule has 1 saturated carbocycles. The Morgan fingerprint density at radius 2 is 2.07 bits per heavy atom. The second kappa shape index (κ2) is 7.22. The first-order valence-electron chi connectivity index (χ1n) is 8.64. The molecule has 1 aromatic rings. The van der Waals surface area contributed by atoms with Crippen LogP contribution in [0.2, 0.25) is 0 Å². The molecule has 0 atom stereocenters. The van der Waals surface area contributed by atoms with Crippen LogP contribution in [0, 0.1) is 11.1 Å². The van der Waals surface area contributed by atoms with Crippen molar-refractivity contribution in [3.8, 4) is 0 Å². The van der Waals surface area contributed by atoms with Crippen LogP contribution in [0.15, 0.2) is 24.4 Å². The van der Waals surface area contributed by atoms with Gasteiger partial charge in [-0.25, -0.2) is 9.59 Å². The number of carbonyl (C=O) groups excluding carboxylic acids is 4. The van der Waals surface area contributed by atoms with Crippen molar-refractivity contribution in [2.24, 2.45) is 5.92 Å². The Hall–Kier alpha value is -3.17. The van der Waals surface area contributed by atoms with Crippen molar-refractivity contribution in [3.63, 3.8) is 0 Å². The van der Waals surface area contributed by atoms with Gasteiger partial charge in [-0.15, -0.1) is 0 Å². The molecule has 4 amide bonds. The monoisotopic (exact) mass is 376 g/mol. The van der Waals surface area contributed by atoms with Crippen LogP contribution in [-0.4, -0.2) is 41.0 Å². The summed E-state index contributed by atoms with van der Waals surface area (Å²) in [5.41, 5.74) is 0.891. The number of imide groups is 1. The van der Waals surface area contributed by atoms with Gasteiger partial charge in [0.05, 0.1) is 0 Å². The molecule has 1 saturated heterocycles. The lowest BCUT2D eigenvalue weighted by Gasteiger charge is -2.33. The van der Waals surface area contributed by atoms with Gasteiger partial charge < -0.3 is 15.3 Å². The van der Waals surface area contributed by atoms with Crippen LogP contribution in [0.1, 0.15) is 43.1 Å². The van der Waals surface area contributed by atoms with E-state index in [0.717, 1.165) is 19.0 Å². The number of nitrogens with zero attached hydrogens (tertiary/aromatic N) is 2. The second-order valence-electron chi connectivity index (χ2n) is 6.86. The van der Waals surface area contributed by atoms with Crippen LogP contribution in [0.4, 0.5) is 4.79 Å². The molecule has 10 nitrogen and oxygen atoms in total. The highest BCUT2D eigenvalue weighted by Crippen LogP contribution is 2.35. The summed E-state index contributed by atoms with van der Waals surface area (Å²) in [6, 6.07) is 3.45. The fraction of sp³-hybridized carbons (Fsp3) is 0.471. The van der Waals surface area contributed by atoms with Crippen molar-refractivity contribution in [2.45, 2.75) is 38.1 Å². The van der Waals surface area contributed by atoms with E-state index in [1.165, 1.54) is 18.2 Å². The number of hydrazine groups is 1. The van der Waals surface area contributed by atoms with Crippen molar-refractivity contribution in [1.82, 2.24) is 15.8 Å². The highest BCUT2D eigenvalue weighted by Gasteiger charge is 2.52. The van der Waals surface area contributed by atoms with E-state index in [4.69, 9.17) is 4.74 Å². The highest BCUT2D eigenvalue weighted by molar-refractivity contribution is 6.08. The quantitative estimate of drug-likeness (QED) is 0.329. The molecule has 2 fully saturated rings. The Morgan fingerprint density at radius 3 is 2.74 bits per heavy atom. The summed E-state index contributed by atoms with van der Waals surface area (Å²) in [6.45, 7) is 1.34. The Labute approximate surface area is 155 Å². The number of hydrogen-bond donors (Lipinski definition) is 2. The number of urea groups is 1. The summed E-state index contributed by atoms with van der Waals surface area (Å²) < 4.78 is 5.07. The second-order valence-corrected chi connectivity index (χ2v) is 6.86. The number of aromatic nitrogens is 1. The number of carbonyl (C=O) groups is 4. The Kier molecular flexibility index (Phi) is 4.98. The van der Waals surface area contributed by atoms with E-state index >= 15 is 0 Å². The standard InChI is InChI=1S/C17H20N4O6/c1-11-5-7-17(8-6-11)15(24)21(16(25)18-17)19-13(22)10-27-14(23)12-4-2-3-9-20(12)26/h2-4,9,11H,5-8,10H2,1H3,(H,18,25)(H,19,22). The Morgan fingerprint density at radius 1 is 1.37 bits per heavy atom. The maximum atomic E-state index is 12.6. The Bertz CT molecular complexity index is 787. The van der Waals surface area contributed by atoms with E-state index in [-0.39, 0.29) is 5.69 Å². The molecule has 2 aliphatic rings. The SMILES string of the molecule is CC1CCC2(CC1)NC(=O)N(NC(=O)COC(=O)c1cccc[n+]1[O-])C2=O. The van der Waals surface area contributed by atoms with Crippen LogP contribution in [-0.2, 0) is 14.3 Å². The Balaban J connectivity index is 1.56. The zero-order valence-electron chi connectivity index (χ0n) is 14.8. The summed E-state index contributed by atoms with van der Waals surface area (Å²) >= 11 is 0. The third kappa shape index (κ3) is 3.69. The van der Waals surface area contributed by atoms with Gasteiger partial charge >= 0.3 is 17.7 Å². The molecule has 2 N–H and O–H groups in total. The van der Waals surface area contributed by atoms with Gasteiger partial charge in [0.1, 0.15) is 5.54 Å². The normalized spacial score (nSPS) is 24.6. The molecule has 2 heterocycles. The number of esters is 1. The number of nitrogens with one attached hydrogen (secondary N) is 2. The van der Waals surface area contributed by atoms with Crippen molar-refractivity contribution >= 4 is 23.8 Å². The number of amides is 4. The average molecular weight is 376 g/mol. The molecule has 3 rings (SSSR count). The van der Waals surface area contributed by atoms with Gasteiger partial charge in [0.15, 0.2) is 12.8 Å². The molecular weight excluding hydrogens is 356 g/mol. The average Bonchev–Trinajstić information content (AvgIpc) is 2.87. The number of ether oxygens (including phenoxy) is 1. The van der Waals surface area contributed by atoms with Crippen molar-refractivity contribution in [1.29, 1.82) is 0 Å². The van der Waals surface area contributed by atoms with Crippen molar-refractivity contribution in [3.05, 3.63) is 35.3 Å². The summed E-state index contributed by atoms with van der Waals surface area (Å²) in [4.78, 5) is 48.5. The fourth-order valence-electron chi connectivity index (χ4n) is 3.26. The van der Waals surface area contributed by atoms with Crippen LogP contribution in [0.5, 0.6) is 0 Å². The third-order valence-electron chi connectivity index (χ3n) is 4.89. The van der Waals surface area contributed by atoms with Crippen LogP contribution in [0.3, 0.4) is 0 Å². The molecule has 0 bridgehead atoms. The number of pyridine rings is 1. The predicted octanol–water partition coefficient (Wildman–Crippen LogP) is 0.00870. The molecule has 27 heavy (non-hydrogen) atoms. The fourth-order valence-corrected chi connectivity index (χ4v) is 3.26. The minimum absolute atomic E-state index is 0.282. The predicted molar refractivity (Wildman–Crippen MR) is 89.6 cm³/mol. The number of rotatable bonds is 4. The molecule has 10 heteroatoms. The third-order valence-corrected chi connectivity index (χ3v) is 4.89. The summed E-state index contributed by atoms with van der Waals surface area (Å²) in [6.07, 6.45) is 3.75.